The van der Waals surface area contributed by atoms with Gasteiger partial charge in [0.2, 0.25) is 0 Å². The molecule has 2 heterocycles. The summed E-state index contributed by atoms with van der Waals surface area (Å²) in [6.45, 7) is 0.737. The zero-order chi connectivity index (χ0) is 13.9. The van der Waals surface area contributed by atoms with Crippen molar-refractivity contribution < 1.29 is 4.79 Å². The summed E-state index contributed by atoms with van der Waals surface area (Å²) in [4.78, 5) is 18.9. The molecular formula is C14H17BrN4O. The second-order valence-corrected chi connectivity index (χ2v) is 5.88. The maximum absolute atomic E-state index is 12.8. The van der Waals surface area contributed by atoms with Crippen LogP contribution in [0.3, 0.4) is 0 Å². The topological polar surface area (TPSA) is 50.5 Å². The Bertz CT molecular complexity index is 606. The standard InChI is InChI=1S/C14H17BrN4O/c15-5-7-18(11-3-1-2-4-11)14(20)12-9-17-19-8-6-16-10-13(12)19/h6,8-11H,1-5,7H2. The van der Waals surface area contributed by atoms with Crippen molar-refractivity contribution in [3.63, 3.8) is 0 Å². The highest BCUT2D eigenvalue weighted by Crippen LogP contribution is 2.25. The van der Waals surface area contributed by atoms with Gasteiger partial charge in [-0.25, -0.2) is 4.52 Å². The normalized spacial score (nSPS) is 15.8. The number of rotatable bonds is 4. The summed E-state index contributed by atoms with van der Waals surface area (Å²) in [6.07, 6.45) is 11.4. The number of alkyl halides is 1. The van der Waals surface area contributed by atoms with E-state index in [-0.39, 0.29) is 5.91 Å². The van der Waals surface area contributed by atoms with E-state index in [0.29, 0.717) is 11.6 Å². The summed E-state index contributed by atoms with van der Waals surface area (Å²) < 4.78 is 1.70. The van der Waals surface area contributed by atoms with Gasteiger partial charge in [0.1, 0.15) is 0 Å². The van der Waals surface area contributed by atoms with E-state index >= 15 is 0 Å². The maximum atomic E-state index is 12.8. The zero-order valence-electron chi connectivity index (χ0n) is 11.2. The van der Waals surface area contributed by atoms with Crippen LogP contribution in [0.4, 0.5) is 0 Å². The number of hydrogen-bond donors (Lipinski definition) is 0. The van der Waals surface area contributed by atoms with Crippen molar-refractivity contribution in [1.82, 2.24) is 19.5 Å². The van der Waals surface area contributed by atoms with Crippen LogP contribution in [-0.2, 0) is 0 Å². The minimum absolute atomic E-state index is 0.0688. The number of carbonyl (C=O) groups excluding carboxylic acids is 1. The first-order valence-corrected chi connectivity index (χ1v) is 8.07. The monoisotopic (exact) mass is 336 g/mol. The molecular weight excluding hydrogens is 320 g/mol. The number of fused-ring (bicyclic) bond motifs is 1. The number of hydrogen-bond acceptors (Lipinski definition) is 3. The Kier molecular flexibility index (Phi) is 4.00. The maximum Gasteiger partial charge on any atom is 0.258 e. The van der Waals surface area contributed by atoms with E-state index in [1.165, 1.54) is 12.8 Å². The van der Waals surface area contributed by atoms with Gasteiger partial charge < -0.3 is 4.90 Å². The van der Waals surface area contributed by atoms with Crippen LogP contribution in [0.15, 0.2) is 24.8 Å². The lowest BCUT2D eigenvalue weighted by Gasteiger charge is -2.28. The molecule has 106 valence electrons. The molecule has 2 aromatic heterocycles. The Hall–Kier alpha value is -1.43. The van der Waals surface area contributed by atoms with Crippen LogP contribution >= 0.6 is 15.9 Å². The molecule has 1 amide bonds. The predicted octanol–water partition coefficient (Wildman–Crippen LogP) is 2.51. The summed E-state index contributed by atoms with van der Waals surface area (Å²) in [6, 6.07) is 0.367. The largest absolute Gasteiger partial charge is 0.335 e. The second kappa shape index (κ2) is 5.91. The van der Waals surface area contributed by atoms with Gasteiger partial charge in [-0.05, 0) is 12.8 Å². The third kappa shape index (κ3) is 2.44. The first kappa shape index (κ1) is 13.5. The fourth-order valence-corrected chi connectivity index (χ4v) is 3.29. The molecule has 1 saturated carbocycles. The minimum Gasteiger partial charge on any atom is -0.335 e. The Balaban J connectivity index is 1.92. The number of carbonyl (C=O) groups is 1. The molecule has 0 unspecified atom stereocenters. The molecule has 0 atom stereocenters. The third-order valence-electron chi connectivity index (χ3n) is 3.91. The predicted molar refractivity (Wildman–Crippen MR) is 80.1 cm³/mol. The lowest BCUT2D eigenvalue weighted by molar-refractivity contribution is 0.0698. The molecule has 0 radical (unpaired) electrons. The summed E-state index contributed by atoms with van der Waals surface area (Å²) in [5, 5.41) is 5.02. The third-order valence-corrected chi connectivity index (χ3v) is 4.26. The van der Waals surface area contributed by atoms with Crippen molar-refractivity contribution in [1.29, 1.82) is 0 Å². The van der Waals surface area contributed by atoms with Gasteiger partial charge >= 0.3 is 0 Å². The lowest BCUT2D eigenvalue weighted by Crippen LogP contribution is -2.40. The van der Waals surface area contributed by atoms with Crippen molar-refractivity contribution >= 4 is 27.4 Å². The van der Waals surface area contributed by atoms with Crippen LogP contribution < -0.4 is 0 Å². The van der Waals surface area contributed by atoms with Crippen LogP contribution in [0.25, 0.3) is 5.52 Å². The van der Waals surface area contributed by atoms with Crippen molar-refractivity contribution in [2.45, 2.75) is 31.7 Å². The molecule has 0 bridgehead atoms. The average Bonchev–Trinajstić information content (AvgIpc) is 3.13. The molecule has 0 aromatic carbocycles. The van der Waals surface area contributed by atoms with Gasteiger partial charge in [-0.15, -0.1) is 0 Å². The Morgan fingerprint density at radius 1 is 1.40 bits per heavy atom. The van der Waals surface area contributed by atoms with Crippen molar-refractivity contribution in [3.05, 3.63) is 30.4 Å². The number of aromatic nitrogens is 3. The molecule has 5 nitrogen and oxygen atoms in total. The van der Waals surface area contributed by atoms with Crippen molar-refractivity contribution in [2.75, 3.05) is 11.9 Å². The number of halogens is 1. The SMILES string of the molecule is O=C(c1cnn2ccncc12)N(CCBr)C1CCCC1. The lowest BCUT2D eigenvalue weighted by atomic mass is 10.1. The van der Waals surface area contributed by atoms with Crippen LogP contribution in [0, 0.1) is 0 Å². The highest BCUT2D eigenvalue weighted by molar-refractivity contribution is 9.09. The van der Waals surface area contributed by atoms with Gasteiger partial charge in [0.25, 0.3) is 5.91 Å². The second-order valence-electron chi connectivity index (χ2n) is 5.09. The van der Waals surface area contributed by atoms with Crippen LogP contribution in [0.2, 0.25) is 0 Å². The van der Waals surface area contributed by atoms with Gasteiger partial charge in [0.05, 0.1) is 23.5 Å². The fraction of sp³-hybridized carbons (Fsp3) is 0.500. The van der Waals surface area contributed by atoms with Gasteiger partial charge in [-0.3, -0.25) is 9.78 Å². The van der Waals surface area contributed by atoms with Gasteiger partial charge in [-0.1, -0.05) is 28.8 Å². The summed E-state index contributed by atoms with van der Waals surface area (Å²) in [5.41, 5.74) is 1.42. The molecule has 3 rings (SSSR count). The summed E-state index contributed by atoms with van der Waals surface area (Å²) >= 11 is 3.45. The highest BCUT2D eigenvalue weighted by Gasteiger charge is 2.28. The van der Waals surface area contributed by atoms with Crippen LogP contribution in [0.1, 0.15) is 36.0 Å². The van der Waals surface area contributed by atoms with Crippen molar-refractivity contribution in [2.24, 2.45) is 0 Å². The average molecular weight is 337 g/mol. The van der Waals surface area contributed by atoms with E-state index in [2.05, 4.69) is 26.0 Å². The molecule has 1 aliphatic carbocycles. The fourth-order valence-electron chi connectivity index (χ4n) is 2.91. The van der Waals surface area contributed by atoms with E-state index in [0.717, 1.165) is 30.2 Å². The van der Waals surface area contributed by atoms with Crippen LogP contribution in [0.5, 0.6) is 0 Å². The minimum atomic E-state index is 0.0688. The van der Waals surface area contributed by atoms with Crippen molar-refractivity contribution in [3.8, 4) is 0 Å². The first-order chi connectivity index (χ1) is 9.81. The molecule has 0 aliphatic heterocycles. The molecule has 0 spiro atoms. The number of amides is 1. The quantitative estimate of drug-likeness (QED) is 0.806. The molecule has 0 saturated heterocycles. The van der Waals surface area contributed by atoms with E-state index in [4.69, 9.17) is 0 Å². The Labute approximate surface area is 126 Å². The number of nitrogens with zero attached hydrogens (tertiary/aromatic N) is 4. The summed E-state index contributed by atoms with van der Waals surface area (Å²) in [5.74, 6) is 0.0688. The van der Waals surface area contributed by atoms with Gasteiger partial charge in [-0.2, -0.15) is 5.10 Å². The Morgan fingerprint density at radius 2 is 2.20 bits per heavy atom. The van der Waals surface area contributed by atoms with E-state index < -0.39 is 0 Å². The van der Waals surface area contributed by atoms with Gasteiger partial charge in [0, 0.05) is 30.3 Å². The highest BCUT2D eigenvalue weighted by atomic mass is 79.9. The van der Waals surface area contributed by atoms with Crippen LogP contribution in [-0.4, -0.2) is 43.3 Å². The molecule has 6 heteroatoms. The zero-order valence-corrected chi connectivity index (χ0v) is 12.8. The molecule has 20 heavy (non-hydrogen) atoms. The first-order valence-electron chi connectivity index (χ1n) is 6.95. The van der Waals surface area contributed by atoms with Gasteiger partial charge in [0.15, 0.2) is 0 Å². The smallest absolute Gasteiger partial charge is 0.258 e. The molecule has 1 fully saturated rings. The summed E-state index contributed by atoms with van der Waals surface area (Å²) in [7, 11) is 0. The Morgan fingerprint density at radius 3 is 2.95 bits per heavy atom. The van der Waals surface area contributed by atoms with E-state index in [9.17, 15) is 4.79 Å². The molecule has 1 aliphatic rings. The molecule has 2 aromatic rings. The van der Waals surface area contributed by atoms with E-state index in [1.807, 2.05) is 4.90 Å². The molecule has 0 N–H and O–H groups in total. The van der Waals surface area contributed by atoms with E-state index in [1.54, 1.807) is 29.3 Å².